The number of hydrogen-bond acceptors (Lipinski definition) is 2. The minimum absolute atomic E-state index is 0.182. The van der Waals surface area contributed by atoms with Crippen molar-refractivity contribution in [2.75, 3.05) is 26.2 Å². The zero-order valence-corrected chi connectivity index (χ0v) is 14.1. The molecule has 0 aromatic heterocycles. The van der Waals surface area contributed by atoms with Crippen LogP contribution in [-0.2, 0) is 0 Å². The molecule has 1 saturated carbocycles. The third kappa shape index (κ3) is 2.56. The Morgan fingerprint density at radius 2 is 1.10 bits per heavy atom. The minimum atomic E-state index is 0.182. The molecule has 4 rings (SSSR count). The predicted molar refractivity (Wildman–Crippen MR) is 88.6 cm³/mol. The molecular formula is C17H26Cl2N2. The van der Waals surface area contributed by atoms with Crippen LogP contribution in [-0.4, -0.2) is 47.0 Å². The van der Waals surface area contributed by atoms with Gasteiger partial charge in [-0.05, 0) is 70.1 Å². The van der Waals surface area contributed by atoms with Crippen LogP contribution in [0.5, 0.6) is 0 Å². The lowest BCUT2D eigenvalue weighted by molar-refractivity contribution is 0.126. The average Bonchev–Trinajstić information content (AvgIpc) is 3.30. The molecule has 0 aromatic carbocycles. The molecule has 2 aliphatic carbocycles. The van der Waals surface area contributed by atoms with Crippen molar-refractivity contribution in [3.63, 3.8) is 0 Å². The molecule has 118 valence electrons. The lowest BCUT2D eigenvalue weighted by atomic mass is 9.81. The van der Waals surface area contributed by atoms with Crippen LogP contribution < -0.4 is 0 Å². The molecule has 2 heterocycles. The van der Waals surface area contributed by atoms with E-state index in [-0.39, 0.29) is 11.0 Å². The predicted octanol–water partition coefficient (Wildman–Crippen LogP) is 3.75. The highest BCUT2D eigenvalue weighted by Gasteiger charge is 2.52. The molecule has 2 bridgehead atoms. The van der Waals surface area contributed by atoms with Crippen molar-refractivity contribution >= 4 is 23.2 Å². The zero-order valence-electron chi connectivity index (χ0n) is 12.6. The minimum Gasteiger partial charge on any atom is -0.287 e. The molecule has 4 aliphatic rings. The first-order valence-electron chi connectivity index (χ1n) is 8.70. The highest BCUT2D eigenvalue weighted by Crippen LogP contribution is 2.54. The molecule has 2 saturated heterocycles. The van der Waals surface area contributed by atoms with Crippen molar-refractivity contribution in [3.05, 3.63) is 12.2 Å². The van der Waals surface area contributed by atoms with Crippen LogP contribution in [0.25, 0.3) is 0 Å². The lowest BCUT2D eigenvalue weighted by Gasteiger charge is -2.40. The van der Waals surface area contributed by atoms with E-state index in [9.17, 15) is 0 Å². The van der Waals surface area contributed by atoms with Gasteiger partial charge in [-0.1, -0.05) is 12.2 Å². The van der Waals surface area contributed by atoms with Crippen molar-refractivity contribution in [2.45, 2.75) is 43.1 Å². The van der Waals surface area contributed by atoms with Gasteiger partial charge in [-0.15, -0.1) is 23.2 Å². The van der Waals surface area contributed by atoms with E-state index in [4.69, 9.17) is 23.2 Å². The van der Waals surface area contributed by atoms with E-state index in [1.165, 1.54) is 58.3 Å². The molecule has 21 heavy (non-hydrogen) atoms. The summed E-state index contributed by atoms with van der Waals surface area (Å²) >= 11 is 13.9. The summed E-state index contributed by atoms with van der Waals surface area (Å²) in [7, 11) is 0. The van der Waals surface area contributed by atoms with E-state index in [1.54, 1.807) is 0 Å². The van der Waals surface area contributed by atoms with Gasteiger partial charge in [-0.3, -0.25) is 9.80 Å². The van der Waals surface area contributed by atoms with Gasteiger partial charge in [0.15, 0.2) is 0 Å². The third-order valence-electron chi connectivity index (χ3n) is 6.20. The van der Waals surface area contributed by atoms with Crippen molar-refractivity contribution in [1.29, 1.82) is 0 Å². The molecule has 4 heteroatoms. The van der Waals surface area contributed by atoms with Crippen LogP contribution in [0.3, 0.4) is 0 Å². The van der Waals surface area contributed by atoms with Crippen LogP contribution in [0, 0.1) is 23.7 Å². The molecule has 6 atom stereocenters. The first-order chi connectivity index (χ1) is 10.3. The Bertz CT molecular complexity index is 366. The molecule has 0 N–H and O–H groups in total. The van der Waals surface area contributed by atoms with Crippen LogP contribution in [0.2, 0.25) is 0 Å². The summed E-state index contributed by atoms with van der Waals surface area (Å²) in [5.41, 5.74) is 0.364. The summed E-state index contributed by atoms with van der Waals surface area (Å²) in [6.07, 6.45) is 11.4. The van der Waals surface area contributed by atoms with Gasteiger partial charge in [-0.25, -0.2) is 0 Å². The Hall–Kier alpha value is 0.240. The second kappa shape index (κ2) is 6.03. The molecule has 0 radical (unpaired) electrons. The van der Waals surface area contributed by atoms with E-state index < -0.39 is 0 Å². The maximum absolute atomic E-state index is 6.95. The fourth-order valence-electron chi connectivity index (χ4n) is 5.14. The van der Waals surface area contributed by atoms with E-state index in [0.717, 1.165) is 0 Å². The maximum atomic E-state index is 6.95. The Labute approximate surface area is 138 Å². The number of halogens is 2. The van der Waals surface area contributed by atoms with Gasteiger partial charge in [0.2, 0.25) is 0 Å². The summed E-state index contributed by atoms with van der Waals surface area (Å²) in [6.45, 7) is 4.70. The number of likely N-dealkylation sites (tertiary alicyclic amines) is 2. The fourth-order valence-corrected chi connectivity index (χ4v) is 6.24. The molecule has 2 nitrogen and oxygen atoms in total. The van der Waals surface area contributed by atoms with Gasteiger partial charge in [0.05, 0.1) is 11.0 Å². The van der Waals surface area contributed by atoms with Crippen molar-refractivity contribution < 1.29 is 0 Å². The van der Waals surface area contributed by atoms with Gasteiger partial charge in [0.1, 0.15) is 0 Å². The molecule has 0 spiro atoms. The number of allylic oxidation sites excluding steroid dienone is 2. The summed E-state index contributed by atoms with van der Waals surface area (Å²) in [6, 6.07) is 0. The molecule has 0 amide bonds. The fraction of sp³-hybridized carbons (Fsp3) is 0.882. The van der Waals surface area contributed by atoms with Gasteiger partial charge >= 0.3 is 0 Å². The number of fused-ring (bicyclic) bond motifs is 2. The Morgan fingerprint density at radius 3 is 1.48 bits per heavy atom. The molecular weight excluding hydrogens is 303 g/mol. The second-order valence-electron chi connectivity index (χ2n) is 7.33. The SMILES string of the molecule is ClC(C1C2C=CC(C2)C1C(Cl)N1CCCC1)N1CCCC1. The van der Waals surface area contributed by atoms with E-state index in [1.807, 2.05) is 0 Å². The summed E-state index contributed by atoms with van der Waals surface area (Å²) in [5.74, 6) is 2.41. The van der Waals surface area contributed by atoms with Crippen molar-refractivity contribution in [1.82, 2.24) is 9.80 Å². The number of nitrogens with zero attached hydrogens (tertiary/aromatic N) is 2. The van der Waals surface area contributed by atoms with Gasteiger partial charge < -0.3 is 0 Å². The standard InChI is InChI=1S/C17H26Cl2N2/c18-16(20-7-1-2-8-20)14-12-5-6-13(11-12)15(14)17(19)21-9-3-4-10-21/h5-6,12-17H,1-4,7-11H2. The molecule has 0 aromatic rings. The Kier molecular flexibility index (Phi) is 4.25. The molecule has 3 fully saturated rings. The highest BCUT2D eigenvalue weighted by molar-refractivity contribution is 6.21. The quantitative estimate of drug-likeness (QED) is 0.440. The van der Waals surface area contributed by atoms with Crippen molar-refractivity contribution in [3.8, 4) is 0 Å². The summed E-state index contributed by atoms with van der Waals surface area (Å²) < 4.78 is 0. The smallest absolute Gasteiger partial charge is 0.0888 e. The van der Waals surface area contributed by atoms with Crippen LogP contribution >= 0.6 is 23.2 Å². The first kappa shape index (κ1) is 14.8. The van der Waals surface area contributed by atoms with Gasteiger partial charge in [0, 0.05) is 11.8 Å². The maximum Gasteiger partial charge on any atom is 0.0888 e. The van der Waals surface area contributed by atoms with Crippen LogP contribution in [0.4, 0.5) is 0 Å². The number of alkyl halides is 2. The normalized spacial score (nSPS) is 43.0. The summed E-state index contributed by atoms with van der Waals surface area (Å²) in [4.78, 5) is 5.00. The lowest BCUT2D eigenvalue weighted by Crippen LogP contribution is -2.46. The topological polar surface area (TPSA) is 6.48 Å². The number of hydrogen-bond donors (Lipinski definition) is 0. The number of rotatable bonds is 4. The third-order valence-corrected chi connectivity index (χ3v) is 7.33. The van der Waals surface area contributed by atoms with Crippen molar-refractivity contribution in [2.24, 2.45) is 23.7 Å². The molecule has 6 unspecified atom stereocenters. The zero-order chi connectivity index (χ0) is 14.4. The molecule has 2 aliphatic heterocycles. The highest BCUT2D eigenvalue weighted by atomic mass is 35.5. The Morgan fingerprint density at radius 1 is 0.714 bits per heavy atom. The van der Waals surface area contributed by atoms with E-state index in [2.05, 4.69) is 22.0 Å². The van der Waals surface area contributed by atoms with E-state index in [0.29, 0.717) is 23.7 Å². The average molecular weight is 329 g/mol. The summed E-state index contributed by atoms with van der Waals surface area (Å²) in [5, 5.41) is 0. The van der Waals surface area contributed by atoms with E-state index >= 15 is 0 Å². The van der Waals surface area contributed by atoms with Gasteiger partial charge in [0.25, 0.3) is 0 Å². The van der Waals surface area contributed by atoms with Crippen LogP contribution in [0.15, 0.2) is 12.2 Å². The first-order valence-corrected chi connectivity index (χ1v) is 9.57. The monoisotopic (exact) mass is 328 g/mol. The second-order valence-corrected chi connectivity index (χ2v) is 8.23. The largest absolute Gasteiger partial charge is 0.287 e. The van der Waals surface area contributed by atoms with Crippen LogP contribution in [0.1, 0.15) is 32.1 Å². The van der Waals surface area contributed by atoms with Gasteiger partial charge in [-0.2, -0.15) is 0 Å². The Balaban J connectivity index is 1.53.